The summed E-state index contributed by atoms with van der Waals surface area (Å²) < 4.78 is 0. The molecule has 1 aromatic carbocycles. The molecular formula is C15H17ClN4O. The molecule has 21 heavy (non-hydrogen) atoms. The number of carbonyl (C=O) groups is 1. The highest BCUT2D eigenvalue weighted by Gasteiger charge is 2.22. The van der Waals surface area contributed by atoms with Crippen molar-refractivity contribution in [1.29, 1.82) is 0 Å². The molecule has 0 aliphatic carbocycles. The molecule has 3 N–H and O–H groups in total. The molecule has 3 rings (SSSR count). The van der Waals surface area contributed by atoms with Crippen LogP contribution in [0.2, 0.25) is 5.02 Å². The minimum absolute atomic E-state index is 0.00192. The van der Waals surface area contributed by atoms with E-state index in [9.17, 15) is 4.79 Å². The highest BCUT2D eigenvalue weighted by molar-refractivity contribution is 6.35. The summed E-state index contributed by atoms with van der Waals surface area (Å²) in [4.78, 5) is 18.3. The van der Waals surface area contributed by atoms with E-state index in [-0.39, 0.29) is 11.9 Å². The van der Waals surface area contributed by atoms with Gasteiger partial charge in [0.1, 0.15) is 5.82 Å². The van der Waals surface area contributed by atoms with E-state index >= 15 is 0 Å². The van der Waals surface area contributed by atoms with Crippen molar-refractivity contribution in [2.45, 2.75) is 13.0 Å². The maximum absolute atomic E-state index is 11.6. The number of fused-ring (bicyclic) bond motifs is 1. The molecule has 2 aromatic rings. The lowest BCUT2D eigenvalue weighted by Crippen LogP contribution is -2.48. The van der Waals surface area contributed by atoms with Gasteiger partial charge >= 0.3 is 0 Å². The van der Waals surface area contributed by atoms with Gasteiger partial charge in [0.15, 0.2) is 0 Å². The van der Waals surface area contributed by atoms with E-state index in [2.05, 4.69) is 10.3 Å². The van der Waals surface area contributed by atoms with Crippen LogP contribution < -0.4 is 16.0 Å². The third-order valence-corrected chi connectivity index (χ3v) is 3.94. The second kappa shape index (κ2) is 5.50. The number of para-hydroxylation sites is 1. The van der Waals surface area contributed by atoms with Crippen LogP contribution in [0.3, 0.4) is 0 Å². The quantitative estimate of drug-likeness (QED) is 0.888. The van der Waals surface area contributed by atoms with Crippen molar-refractivity contribution in [3.8, 4) is 0 Å². The first kappa shape index (κ1) is 14.1. The fraction of sp³-hybridized carbons (Fsp3) is 0.333. The highest BCUT2D eigenvalue weighted by atomic mass is 35.5. The van der Waals surface area contributed by atoms with Crippen molar-refractivity contribution in [2.24, 2.45) is 5.73 Å². The van der Waals surface area contributed by atoms with Gasteiger partial charge in [0.25, 0.3) is 0 Å². The van der Waals surface area contributed by atoms with Gasteiger partial charge in [0, 0.05) is 30.1 Å². The smallest absolute Gasteiger partial charge is 0.239 e. The number of anilines is 1. The topological polar surface area (TPSA) is 71.2 Å². The number of aromatic nitrogens is 1. The van der Waals surface area contributed by atoms with Crippen molar-refractivity contribution >= 4 is 34.2 Å². The largest absolute Gasteiger partial charge is 0.353 e. The van der Waals surface area contributed by atoms with Crippen LogP contribution in [0.4, 0.5) is 5.82 Å². The van der Waals surface area contributed by atoms with Crippen LogP contribution in [0, 0.1) is 0 Å². The maximum atomic E-state index is 11.6. The van der Waals surface area contributed by atoms with Crippen molar-refractivity contribution in [3.05, 3.63) is 34.9 Å². The van der Waals surface area contributed by atoms with Crippen molar-refractivity contribution in [1.82, 2.24) is 10.3 Å². The summed E-state index contributed by atoms with van der Waals surface area (Å²) >= 11 is 6.24. The number of halogens is 1. The summed E-state index contributed by atoms with van der Waals surface area (Å²) in [7, 11) is 0. The third-order valence-electron chi connectivity index (χ3n) is 3.63. The number of hydrogen-bond acceptors (Lipinski definition) is 4. The zero-order valence-electron chi connectivity index (χ0n) is 11.8. The third kappa shape index (κ3) is 2.66. The summed E-state index contributed by atoms with van der Waals surface area (Å²) in [6.07, 6.45) is 0. The summed E-state index contributed by atoms with van der Waals surface area (Å²) in [6.45, 7) is 3.54. The van der Waals surface area contributed by atoms with E-state index in [0.29, 0.717) is 24.7 Å². The van der Waals surface area contributed by atoms with Gasteiger partial charge in [0.2, 0.25) is 5.91 Å². The second-order valence-corrected chi connectivity index (χ2v) is 5.68. The standard InChI is InChI=1S/C15H17ClN4O/c1-9(17)11-7-10-3-2-4-12(16)14(10)19-15(11)20-6-5-18-13(21)8-20/h2-4,7,9H,5-6,8,17H2,1H3,(H,18,21)/t9-/m0/s1. The number of hydrogen-bond donors (Lipinski definition) is 2. The molecule has 0 saturated carbocycles. The van der Waals surface area contributed by atoms with Gasteiger partial charge in [-0.15, -0.1) is 0 Å². The summed E-state index contributed by atoms with van der Waals surface area (Å²) in [5.41, 5.74) is 7.76. The number of amides is 1. The lowest BCUT2D eigenvalue weighted by atomic mass is 10.1. The molecule has 1 atom stereocenters. The van der Waals surface area contributed by atoms with Gasteiger partial charge in [-0.1, -0.05) is 23.7 Å². The first-order chi connectivity index (χ1) is 10.1. The Kier molecular flexibility index (Phi) is 3.69. The zero-order chi connectivity index (χ0) is 15.0. The number of pyridine rings is 1. The Balaban J connectivity index is 2.16. The fourth-order valence-corrected chi connectivity index (χ4v) is 2.80. The van der Waals surface area contributed by atoms with Gasteiger partial charge < -0.3 is 16.0 Å². The van der Waals surface area contributed by atoms with Gasteiger partial charge in [-0.25, -0.2) is 4.98 Å². The van der Waals surface area contributed by atoms with E-state index < -0.39 is 0 Å². The second-order valence-electron chi connectivity index (χ2n) is 5.27. The van der Waals surface area contributed by atoms with Crippen LogP contribution in [0.5, 0.6) is 0 Å². The number of carbonyl (C=O) groups excluding carboxylic acids is 1. The molecule has 6 heteroatoms. The Bertz CT molecular complexity index is 701. The Labute approximate surface area is 128 Å². The molecule has 1 aliphatic rings. The molecule has 0 radical (unpaired) electrons. The van der Waals surface area contributed by atoms with E-state index in [1.807, 2.05) is 36.1 Å². The Morgan fingerprint density at radius 1 is 1.48 bits per heavy atom. The summed E-state index contributed by atoms with van der Waals surface area (Å²) in [6, 6.07) is 7.52. The molecule has 110 valence electrons. The number of nitrogens with one attached hydrogen (secondary N) is 1. The molecule has 1 amide bonds. The highest BCUT2D eigenvalue weighted by Crippen LogP contribution is 2.30. The fourth-order valence-electron chi connectivity index (χ4n) is 2.58. The number of rotatable bonds is 2. The lowest BCUT2D eigenvalue weighted by molar-refractivity contribution is -0.120. The Morgan fingerprint density at radius 2 is 2.29 bits per heavy atom. The first-order valence-electron chi connectivity index (χ1n) is 6.92. The Morgan fingerprint density at radius 3 is 3.00 bits per heavy atom. The SMILES string of the molecule is C[C@H](N)c1cc2cccc(Cl)c2nc1N1CCNC(=O)C1. The summed E-state index contributed by atoms with van der Waals surface area (Å²) in [5.74, 6) is 0.749. The van der Waals surface area contributed by atoms with Gasteiger partial charge in [-0.05, 0) is 19.1 Å². The number of piperazine rings is 1. The number of nitrogens with zero attached hydrogens (tertiary/aromatic N) is 2. The summed E-state index contributed by atoms with van der Waals surface area (Å²) in [5, 5.41) is 4.37. The Hall–Kier alpha value is -1.85. The van der Waals surface area contributed by atoms with Crippen LogP contribution in [-0.2, 0) is 4.79 Å². The average Bonchev–Trinajstić information content (AvgIpc) is 2.46. The van der Waals surface area contributed by atoms with Crippen molar-refractivity contribution in [3.63, 3.8) is 0 Å². The van der Waals surface area contributed by atoms with Crippen LogP contribution >= 0.6 is 11.6 Å². The molecule has 1 fully saturated rings. The van der Waals surface area contributed by atoms with Gasteiger partial charge in [-0.3, -0.25) is 4.79 Å². The molecular weight excluding hydrogens is 288 g/mol. The first-order valence-corrected chi connectivity index (χ1v) is 7.30. The van der Waals surface area contributed by atoms with Crippen molar-refractivity contribution < 1.29 is 4.79 Å². The monoisotopic (exact) mass is 304 g/mol. The van der Waals surface area contributed by atoms with Crippen LogP contribution in [0.15, 0.2) is 24.3 Å². The van der Waals surface area contributed by atoms with E-state index in [1.54, 1.807) is 0 Å². The van der Waals surface area contributed by atoms with Crippen molar-refractivity contribution in [2.75, 3.05) is 24.5 Å². The lowest BCUT2D eigenvalue weighted by Gasteiger charge is -2.30. The molecule has 5 nitrogen and oxygen atoms in total. The average molecular weight is 305 g/mol. The van der Waals surface area contributed by atoms with Crippen LogP contribution in [0.1, 0.15) is 18.5 Å². The van der Waals surface area contributed by atoms with E-state index in [1.165, 1.54) is 0 Å². The molecule has 0 spiro atoms. The van der Waals surface area contributed by atoms with E-state index in [4.69, 9.17) is 17.3 Å². The number of benzene rings is 1. The van der Waals surface area contributed by atoms with Gasteiger partial charge in [-0.2, -0.15) is 0 Å². The molecule has 1 aromatic heterocycles. The number of nitrogens with two attached hydrogens (primary N) is 1. The molecule has 0 unspecified atom stereocenters. The molecule has 1 saturated heterocycles. The van der Waals surface area contributed by atoms with E-state index in [0.717, 1.165) is 22.3 Å². The van der Waals surface area contributed by atoms with Crippen LogP contribution in [-0.4, -0.2) is 30.5 Å². The minimum Gasteiger partial charge on any atom is -0.353 e. The normalized spacial score (nSPS) is 16.9. The maximum Gasteiger partial charge on any atom is 0.239 e. The predicted molar refractivity (Wildman–Crippen MR) is 84.6 cm³/mol. The molecule has 0 bridgehead atoms. The van der Waals surface area contributed by atoms with Crippen LogP contribution in [0.25, 0.3) is 10.9 Å². The predicted octanol–water partition coefficient (Wildman–Crippen LogP) is 1.84. The molecule has 2 heterocycles. The molecule has 1 aliphatic heterocycles. The minimum atomic E-state index is -0.166. The van der Waals surface area contributed by atoms with Gasteiger partial charge in [0.05, 0.1) is 17.1 Å². The zero-order valence-corrected chi connectivity index (χ0v) is 12.5.